The lowest BCUT2D eigenvalue weighted by Crippen LogP contribution is -2.19. The number of carbonyl (C=O) groups is 1. The number of nitrogens with one attached hydrogen (secondary N) is 1. The van der Waals surface area contributed by atoms with Gasteiger partial charge in [-0.3, -0.25) is 4.79 Å². The molecule has 0 aliphatic carbocycles. The van der Waals surface area contributed by atoms with Crippen molar-refractivity contribution in [3.8, 4) is 11.5 Å². The summed E-state index contributed by atoms with van der Waals surface area (Å²) < 4.78 is 5.48. The SMILES string of the molecule is CNCC(=O)c1c(Br)ccc(OC)c1O. The predicted molar refractivity (Wildman–Crippen MR) is 60.6 cm³/mol. The van der Waals surface area contributed by atoms with Gasteiger partial charge >= 0.3 is 0 Å². The van der Waals surface area contributed by atoms with Crippen LogP contribution >= 0.6 is 15.9 Å². The van der Waals surface area contributed by atoms with Gasteiger partial charge in [0.05, 0.1) is 19.2 Å². The zero-order chi connectivity index (χ0) is 11.4. The number of aromatic hydroxyl groups is 1. The average molecular weight is 274 g/mol. The summed E-state index contributed by atoms with van der Waals surface area (Å²) in [4.78, 5) is 11.6. The van der Waals surface area contributed by atoms with Crippen LogP contribution in [0.3, 0.4) is 0 Å². The Morgan fingerprint density at radius 1 is 1.60 bits per heavy atom. The number of Topliss-reactive ketones (excluding diaryl/α,β-unsaturated/α-hetero) is 1. The maximum absolute atomic E-state index is 11.6. The molecule has 0 saturated heterocycles. The van der Waals surface area contributed by atoms with Gasteiger partial charge in [0.25, 0.3) is 0 Å². The minimum Gasteiger partial charge on any atom is -0.504 e. The molecule has 15 heavy (non-hydrogen) atoms. The van der Waals surface area contributed by atoms with Crippen molar-refractivity contribution < 1.29 is 14.6 Å². The average Bonchev–Trinajstić information content (AvgIpc) is 2.18. The first-order chi connectivity index (χ1) is 7.11. The molecular weight excluding hydrogens is 262 g/mol. The Bertz CT molecular complexity index is 379. The Morgan fingerprint density at radius 2 is 2.27 bits per heavy atom. The van der Waals surface area contributed by atoms with Crippen LogP contribution in [0.5, 0.6) is 11.5 Å². The van der Waals surface area contributed by atoms with Gasteiger partial charge in [0.1, 0.15) is 0 Å². The second-order valence-corrected chi connectivity index (χ2v) is 3.78. The second-order valence-electron chi connectivity index (χ2n) is 2.93. The Kier molecular flexibility index (Phi) is 4.11. The number of ether oxygens (including phenoxy) is 1. The van der Waals surface area contributed by atoms with Crippen molar-refractivity contribution in [3.05, 3.63) is 22.2 Å². The van der Waals surface area contributed by atoms with E-state index in [4.69, 9.17) is 4.74 Å². The van der Waals surface area contributed by atoms with Crippen molar-refractivity contribution in [2.75, 3.05) is 20.7 Å². The molecule has 0 bridgehead atoms. The van der Waals surface area contributed by atoms with E-state index in [1.54, 1.807) is 19.2 Å². The van der Waals surface area contributed by atoms with Crippen molar-refractivity contribution >= 4 is 21.7 Å². The molecule has 1 aromatic carbocycles. The molecule has 4 nitrogen and oxygen atoms in total. The number of hydrogen-bond acceptors (Lipinski definition) is 4. The summed E-state index contributed by atoms with van der Waals surface area (Å²) in [5.41, 5.74) is 0.240. The zero-order valence-electron chi connectivity index (χ0n) is 8.50. The smallest absolute Gasteiger partial charge is 0.181 e. The topological polar surface area (TPSA) is 58.6 Å². The first kappa shape index (κ1) is 12.0. The number of ketones is 1. The molecule has 1 aromatic rings. The Morgan fingerprint density at radius 3 is 2.80 bits per heavy atom. The van der Waals surface area contributed by atoms with Crippen molar-refractivity contribution in [3.63, 3.8) is 0 Å². The van der Waals surface area contributed by atoms with Crippen molar-refractivity contribution in [1.82, 2.24) is 5.32 Å². The summed E-state index contributed by atoms with van der Waals surface area (Å²) in [6, 6.07) is 3.26. The molecule has 0 heterocycles. The van der Waals surface area contributed by atoms with E-state index in [0.29, 0.717) is 4.47 Å². The number of phenolic OH excluding ortho intramolecular Hbond substituents is 1. The van der Waals surface area contributed by atoms with Crippen LogP contribution in [0.2, 0.25) is 0 Å². The highest BCUT2D eigenvalue weighted by atomic mass is 79.9. The summed E-state index contributed by atoms with van der Waals surface area (Å²) >= 11 is 3.22. The van der Waals surface area contributed by atoms with Crippen LogP contribution < -0.4 is 10.1 Å². The van der Waals surface area contributed by atoms with Crippen LogP contribution in [0.25, 0.3) is 0 Å². The highest BCUT2D eigenvalue weighted by molar-refractivity contribution is 9.10. The molecule has 0 atom stereocenters. The van der Waals surface area contributed by atoms with Gasteiger partial charge in [0.2, 0.25) is 0 Å². The third-order valence-electron chi connectivity index (χ3n) is 1.93. The number of methoxy groups -OCH3 is 1. The minimum atomic E-state index is -0.194. The van der Waals surface area contributed by atoms with Gasteiger partial charge in [0, 0.05) is 4.47 Å². The Labute approximate surface area is 96.4 Å². The zero-order valence-corrected chi connectivity index (χ0v) is 10.1. The van der Waals surface area contributed by atoms with Crippen molar-refractivity contribution in [2.45, 2.75) is 0 Å². The van der Waals surface area contributed by atoms with E-state index in [1.807, 2.05) is 0 Å². The van der Waals surface area contributed by atoms with E-state index in [0.717, 1.165) is 0 Å². The number of rotatable bonds is 4. The molecule has 0 aliphatic heterocycles. The van der Waals surface area contributed by atoms with Gasteiger partial charge in [-0.2, -0.15) is 0 Å². The molecule has 0 unspecified atom stereocenters. The molecule has 82 valence electrons. The number of hydrogen-bond donors (Lipinski definition) is 2. The summed E-state index contributed by atoms with van der Waals surface area (Å²) in [5, 5.41) is 12.5. The predicted octanol–water partition coefficient (Wildman–Crippen LogP) is 1.57. The molecule has 2 N–H and O–H groups in total. The molecular formula is C10H12BrNO3. The molecule has 0 aliphatic rings. The lowest BCUT2D eigenvalue weighted by molar-refractivity contribution is 0.0989. The van der Waals surface area contributed by atoms with E-state index in [9.17, 15) is 9.90 Å². The lowest BCUT2D eigenvalue weighted by atomic mass is 10.1. The normalized spacial score (nSPS) is 10.1. The van der Waals surface area contributed by atoms with Gasteiger partial charge in [-0.1, -0.05) is 0 Å². The summed E-state index contributed by atoms with van der Waals surface area (Å²) in [6.45, 7) is 0.166. The fourth-order valence-corrected chi connectivity index (χ4v) is 1.77. The van der Waals surface area contributed by atoms with E-state index >= 15 is 0 Å². The molecule has 5 heteroatoms. The molecule has 0 saturated carbocycles. The number of carbonyl (C=O) groups excluding carboxylic acids is 1. The van der Waals surface area contributed by atoms with Crippen LogP contribution in [0.4, 0.5) is 0 Å². The molecule has 0 fully saturated rings. The first-order valence-electron chi connectivity index (χ1n) is 4.35. The Hall–Kier alpha value is -1.07. The minimum absolute atomic E-state index is 0.132. The summed E-state index contributed by atoms with van der Waals surface area (Å²) in [7, 11) is 3.11. The van der Waals surface area contributed by atoms with Gasteiger partial charge in [-0.05, 0) is 35.1 Å². The molecule has 1 rings (SSSR count). The van der Waals surface area contributed by atoms with Crippen LogP contribution in [0, 0.1) is 0 Å². The number of benzene rings is 1. The van der Waals surface area contributed by atoms with Gasteiger partial charge < -0.3 is 15.2 Å². The van der Waals surface area contributed by atoms with Gasteiger partial charge in [-0.15, -0.1) is 0 Å². The van der Waals surface area contributed by atoms with E-state index < -0.39 is 0 Å². The molecule has 0 spiro atoms. The van der Waals surface area contributed by atoms with Crippen LogP contribution in [0.15, 0.2) is 16.6 Å². The molecule has 0 amide bonds. The largest absolute Gasteiger partial charge is 0.504 e. The highest BCUT2D eigenvalue weighted by Gasteiger charge is 2.17. The third kappa shape index (κ3) is 2.49. The van der Waals surface area contributed by atoms with Crippen LogP contribution in [0.1, 0.15) is 10.4 Å². The maximum Gasteiger partial charge on any atom is 0.181 e. The van der Waals surface area contributed by atoms with E-state index in [2.05, 4.69) is 21.2 Å². The summed E-state index contributed by atoms with van der Waals surface area (Å²) in [6.07, 6.45) is 0. The van der Waals surface area contributed by atoms with E-state index in [1.165, 1.54) is 7.11 Å². The number of halogens is 1. The lowest BCUT2D eigenvalue weighted by Gasteiger charge is -2.09. The number of phenols is 1. The quantitative estimate of drug-likeness (QED) is 0.818. The van der Waals surface area contributed by atoms with E-state index in [-0.39, 0.29) is 29.4 Å². The van der Waals surface area contributed by atoms with Gasteiger partial charge in [0.15, 0.2) is 17.3 Å². The third-order valence-corrected chi connectivity index (χ3v) is 2.59. The van der Waals surface area contributed by atoms with Crippen molar-refractivity contribution in [2.24, 2.45) is 0 Å². The fraction of sp³-hybridized carbons (Fsp3) is 0.300. The Balaban J connectivity index is 3.20. The first-order valence-corrected chi connectivity index (χ1v) is 5.14. The van der Waals surface area contributed by atoms with Crippen LogP contribution in [-0.4, -0.2) is 31.6 Å². The summed E-state index contributed by atoms with van der Waals surface area (Å²) in [5.74, 6) is -0.0365. The highest BCUT2D eigenvalue weighted by Crippen LogP contribution is 2.35. The van der Waals surface area contributed by atoms with Crippen LogP contribution in [-0.2, 0) is 0 Å². The number of likely N-dealkylation sites (N-methyl/N-ethyl adjacent to an activating group) is 1. The second kappa shape index (κ2) is 5.14. The maximum atomic E-state index is 11.6. The monoisotopic (exact) mass is 273 g/mol. The van der Waals surface area contributed by atoms with Crippen molar-refractivity contribution in [1.29, 1.82) is 0 Å². The standard InChI is InChI=1S/C10H12BrNO3/c1-12-5-7(13)9-6(11)3-4-8(15-2)10(9)14/h3-4,12,14H,5H2,1-2H3. The van der Waals surface area contributed by atoms with Gasteiger partial charge in [-0.25, -0.2) is 0 Å². The molecule has 0 radical (unpaired) electrons. The fourth-order valence-electron chi connectivity index (χ4n) is 1.23. The molecule has 0 aromatic heterocycles.